The molecule has 0 aliphatic carbocycles. The summed E-state index contributed by atoms with van der Waals surface area (Å²) >= 11 is 0. The number of methoxy groups -OCH3 is 1. The molecule has 0 fully saturated rings. The maximum atomic E-state index is 5.68. The topological polar surface area (TPSA) is 30.5 Å². The lowest BCUT2D eigenvalue weighted by atomic mass is 10.1. The van der Waals surface area contributed by atoms with Gasteiger partial charge in [0, 0.05) is 18.7 Å². The van der Waals surface area contributed by atoms with Gasteiger partial charge in [0.25, 0.3) is 0 Å². The van der Waals surface area contributed by atoms with Crippen LogP contribution in [0.15, 0.2) is 37.4 Å². The number of benzene rings is 1. The number of hydrogen-bond acceptors (Lipinski definition) is 3. The Balaban J connectivity index is 3.04. The van der Waals surface area contributed by atoms with Gasteiger partial charge in [0.05, 0.1) is 13.7 Å². The average molecular weight is 261 g/mol. The number of ether oxygens (including phenoxy) is 2. The van der Waals surface area contributed by atoms with Crippen molar-refractivity contribution in [1.82, 2.24) is 5.32 Å². The van der Waals surface area contributed by atoms with Crippen molar-refractivity contribution in [2.75, 3.05) is 20.3 Å². The minimum Gasteiger partial charge on any atom is -0.493 e. The highest BCUT2D eigenvalue weighted by Crippen LogP contribution is 2.33. The monoisotopic (exact) mass is 261 g/mol. The normalized spacial score (nSPS) is 10.0. The zero-order valence-electron chi connectivity index (χ0n) is 11.9. The van der Waals surface area contributed by atoms with Crippen molar-refractivity contribution in [3.63, 3.8) is 0 Å². The summed E-state index contributed by atoms with van der Waals surface area (Å²) in [6, 6.07) is 4.14. The number of allylic oxidation sites excluding steroid dienone is 1. The molecule has 0 heterocycles. The Kier molecular flexibility index (Phi) is 6.75. The number of rotatable bonds is 9. The second kappa shape index (κ2) is 8.38. The SMILES string of the molecule is C=CCNCc1cc(CC=C)c(OCC)c(OC)c1. The average Bonchev–Trinajstić information content (AvgIpc) is 2.42. The lowest BCUT2D eigenvalue weighted by Crippen LogP contribution is -2.13. The maximum absolute atomic E-state index is 5.68. The quantitative estimate of drug-likeness (QED) is 0.547. The molecule has 0 bridgehead atoms. The Morgan fingerprint density at radius 2 is 2.05 bits per heavy atom. The van der Waals surface area contributed by atoms with Crippen LogP contribution in [-0.2, 0) is 13.0 Å². The Morgan fingerprint density at radius 1 is 1.26 bits per heavy atom. The van der Waals surface area contributed by atoms with Crippen LogP contribution in [0.1, 0.15) is 18.1 Å². The fourth-order valence-corrected chi connectivity index (χ4v) is 1.91. The third kappa shape index (κ3) is 4.45. The van der Waals surface area contributed by atoms with Gasteiger partial charge in [-0.05, 0) is 25.0 Å². The van der Waals surface area contributed by atoms with Crippen LogP contribution in [0.3, 0.4) is 0 Å². The molecular weight excluding hydrogens is 238 g/mol. The molecule has 0 atom stereocenters. The molecule has 0 saturated carbocycles. The Labute approximate surface area is 115 Å². The summed E-state index contributed by atoms with van der Waals surface area (Å²) in [5.41, 5.74) is 2.27. The highest BCUT2D eigenvalue weighted by Gasteiger charge is 2.11. The highest BCUT2D eigenvalue weighted by molar-refractivity contribution is 5.50. The largest absolute Gasteiger partial charge is 0.493 e. The third-order valence-corrected chi connectivity index (χ3v) is 2.68. The minimum atomic E-state index is 0.620. The van der Waals surface area contributed by atoms with E-state index in [2.05, 4.69) is 24.5 Å². The van der Waals surface area contributed by atoms with E-state index >= 15 is 0 Å². The van der Waals surface area contributed by atoms with Gasteiger partial charge in [-0.2, -0.15) is 0 Å². The van der Waals surface area contributed by atoms with E-state index in [-0.39, 0.29) is 0 Å². The first-order valence-electron chi connectivity index (χ1n) is 6.51. The first-order chi connectivity index (χ1) is 9.26. The molecule has 1 rings (SSSR count). The van der Waals surface area contributed by atoms with E-state index in [1.165, 1.54) is 5.56 Å². The van der Waals surface area contributed by atoms with Gasteiger partial charge >= 0.3 is 0 Å². The zero-order chi connectivity index (χ0) is 14.1. The summed E-state index contributed by atoms with van der Waals surface area (Å²) in [6.07, 6.45) is 4.48. The van der Waals surface area contributed by atoms with Gasteiger partial charge in [-0.15, -0.1) is 13.2 Å². The summed E-state index contributed by atoms with van der Waals surface area (Å²) in [7, 11) is 1.66. The molecule has 19 heavy (non-hydrogen) atoms. The Bertz CT molecular complexity index is 427. The molecule has 0 aromatic heterocycles. The summed E-state index contributed by atoms with van der Waals surface area (Å²) in [5.74, 6) is 1.59. The van der Waals surface area contributed by atoms with Gasteiger partial charge < -0.3 is 14.8 Å². The van der Waals surface area contributed by atoms with Crippen LogP contribution in [0.4, 0.5) is 0 Å². The van der Waals surface area contributed by atoms with E-state index in [1.807, 2.05) is 25.1 Å². The number of nitrogens with one attached hydrogen (secondary N) is 1. The van der Waals surface area contributed by atoms with Crippen molar-refractivity contribution in [1.29, 1.82) is 0 Å². The third-order valence-electron chi connectivity index (χ3n) is 2.68. The first-order valence-corrected chi connectivity index (χ1v) is 6.51. The molecule has 0 saturated heterocycles. The molecular formula is C16H23NO2. The second-order valence-corrected chi connectivity index (χ2v) is 4.13. The van der Waals surface area contributed by atoms with Gasteiger partial charge in [0.1, 0.15) is 0 Å². The molecule has 0 radical (unpaired) electrons. The van der Waals surface area contributed by atoms with E-state index < -0.39 is 0 Å². The van der Waals surface area contributed by atoms with E-state index in [9.17, 15) is 0 Å². The molecule has 1 N–H and O–H groups in total. The molecule has 0 amide bonds. The summed E-state index contributed by atoms with van der Waals surface area (Å²) in [4.78, 5) is 0. The highest BCUT2D eigenvalue weighted by atomic mass is 16.5. The van der Waals surface area contributed by atoms with Crippen LogP contribution in [0.25, 0.3) is 0 Å². The van der Waals surface area contributed by atoms with Gasteiger partial charge in [-0.25, -0.2) is 0 Å². The van der Waals surface area contributed by atoms with E-state index in [0.717, 1.165) is 36.6 Å². The smallest absolute Gasteiger partial charge is 0.164 e. The standard InChI is InChI=1S/C16H23NO2/c1-5-8-14-10-13(12-17-9-6-2)11-15(18-4)16(14)19-7-3/h5-6,10-11,17H,1-2,7-9,12H2,3-4H3. The Hall–Kier alpha value is -1.74. The molecule has 104 valence electrons. The first kappa shape index (κ1) is 15.3. The van der Waals surface area contributed by atoms with Crippen molar-refractivity contribution in [2.24, 2.45) is 0 Å². The van der Waals surface area contributed by atoms with Gasteiger partial charge in [-0.1, -0.05) is 18.2 Å². The van der Waals surface area contributed by atoms with Gasteiger partial charge in [0.15, 0.2) is 11.5 Å². The summed E-state index contributed by atoms with van der Waals surface area (Å²) < 4.78 is 11.1. The molecule has 3 nitrogen and oxygen atoms in total. The van der Waals surface area contributed by atoms with Crippen molar-refractivity contribution in [2.45, 2.75) is 19.9 Å². The number of hydrogen-bond donors (Lipinski definition) is 1. The predicted molar refractivity (Wildman–Crippen MR) is 80.0 cm³/mol. The van der Waals surface area contributed by atoms with E-state index in [4.69, 9.17) is 9.47 Å². The Morgan fingerprint density at radius 3 is 2.63 bits per heavy atom. The lowest BCUT2D eigenvalue weighted by Gasteiger charge is -2.15. The zero-order valence-corrected chi connectivity index (χ0v) is 11.9. The summed E-state index contributed by atoms with van der Waals surface area (Å²) in [5, 5.41) is 3.28. The molecule has 3 heteroatoms. The minimum absolute atomic E-state index is 0.620. The molecule has 1 aromatic rings. The maximum Gasteiger partial charge on any atom is 0.164 e. The lowest BCUT2D eigenvalue weighted by molar-refractivity contribution is 0.308. The molecule has 0 aliphatic heterocycles. The fraction of sp³-hybridized carbons (Fsp3) is 0.375. The molecule has 0 unspecified atom stereocenters. The van der Waals surface area contributed by atoms with Crippen molar-refractivity contribution >= 4 is 0 Å². The van der Waals surface area contributed by atoms with Crippen LogP contribution in [0.5, 0.6) is 11.5 Å². The van der Waals surface area contributed by atoms with Crippen LogP contribution in [0.2, 0.25) is 0 Å². The predicted octanol–water partition coefficient (Wildman–Crippen LogP) is 3.10. The van der Waals surface area contributed by atoms with Gasteiger partial charge in [-0.3, -0.25) is 0 Å². The van der Waals surface area contributed by atoms with Crippen LogP contribution in [-0.4, -0.2) is 20.3 Å². The van der Waals surface area contributed by atoms with E-state index in [1.54, 1.807) is 7.11 Å². The van der Waals surface area contributed by atoms with Crippen molar-refractivity contribution in [3.8, 4) is 11.5 Å². The van der Waals surface area contributed by atoms with Crippen LogP contribution >= 0.6 is 0 Å². The van der Waals surface area contributed by atoms with Gasteiger partial charge in [0.2, 0.25) is 0 Å². The molecule has 0 aliphatic rings. The molecule has 1 aromatic carbocycles. The summed E-state index contributed by atoms with van der Waals surface area (Å²) in [6.45, 7) is 11.6. The molecule has 0 spiro atoms. The second-order valence-electron chi connectivity index (χ2n) is 4.13. The van der Waals surface area contributed by atoms with Crippen molar-refractivity contribution in [3.05, 3.63) is 48.6 Å². The van der Waals surface area contributed by atoms with Crippen LogP contribution in [0, 0.1) is 0 Å². The van der Waals surface area contributed by atoms with Crippen LogP contribution < -0.4 is 14.8 Å². The van der Waals surface area contributed by atoms with Crippen molar-refractivity contribution < 1.29 is 9.47 Å². The van der Waals surface area contributed by atoms with E-state index in [0.29, 0.717) is 6.61 Å². The fourth-order valence-electron chi connectivity index (χ4n) is 1.91.